The summed E-state index contributed by atoms with van der Waals surface area (Å²) >= 11 is 18.7. The van der Waals surface area contributed by atoms with Crippen LogP contribution in [-0.2, 0) is 26.2 Å². The molecule has 11 heteroatoms. The van der Waals surface area contributed by atoms with Gasteiger partial charge >= 0.3 is 0 Å². The van der Waals surface area contributed by atoms with Crippen LogP contribution < -0.4 is 9.62 Å². The third kappa shape index (κ3) is 6.31. The lowest BCUT2D eigenvalue weighted by atomic mass is 10.1. The SMILES string of the molecule is CNC(=O)[C@@H](C)N(Cc1ccccc1Cl)C(=O)CN(c1ccc(Cl)cc1Cl)S(=O)(=O)c1ccccc1. The lowest BCUT2D eigenvalue weighted by Gasteiger charge is -2.32. The highest BCUT2D eigenvalue weighted by Gasteiger charge is 2.33. The summed E-state index contributed by atoms with van der Waals surface area (Å²) in [5.41, 5.74) is 0.675. The van der Waals surface area contributed by atoms with E-state index < -0.39 is 34.4 Å². The summed E-state index contributed by atoms with van der Waals surface area (Å²) in [6, 6.07) is 18.0. The second kappa shape index (κ2) is 12.0. The van der Waals surface area contributed by atoms with E-state index in [9.17, 15) is 18.0 Å². The summed E-state index contributed by atoms with van der Waals surface area (Å²) in [4.78, 5) is 27.4. The Bertz CT molecular complexity index is 1350. The summed E-state index contributed by atoms with van der Waals surface area (Å²) in [5.74, 6) is -1.05. The van der Waals surface area contributed by atoms with Crippen LogP contribution >= 0.6 is 34.8 Å². The normalized spacial score (nSPS) is 12.0. The fraction of sp³-hybridized carbons (Fsp3) is 0.200. The van der Waals surface area contributed by atoms with Crippen molar-refractivity contribution in [1.29, 1.82) is 0 Å². The van der Waals surface area contributed by atoms with Crippen molar-refractivity contribution in [3.63, 3.8) is 0 Å². The molecule has 3 aromatic rings. The van der Waals surface area contributed by atoms with Gasteiger partial charge in [-0.1, -0.05) is 71.2 Å². The number of anilines is 1. The molecule has 0 spiro atoms. The number of sulfonamides is 1. The molecule has 190 valence electrons. The van der Waals surface area contributed by atoms with Crippen molar-refractivity contribution < 1.29 is 18.0 Å². The number of hydrogen-bond acceptors (Lipinski definition) is 4. The van der Waals surface area contributed by atoms with E-state index in [0.717, 1.165) is 4.31 Å². The third-order valence-corrected chi connectivity index (χ3v) is 8.18. The first kappa shape index (κ1) is 27.8. The van der Waals surface area contributed by atoms with Crippen LogP contribution in [0.2, 0.25) is 15.1 Å². The zero-order chi connectivity index (χ0) is 26.5. The average molecular weight is 569 g/mol. The number of nitrogens with zero attached hydrogens (tertiary/aromatic N) is 2. The lowest BCUT2D eigenvalue weighted by Crippen LogP contribution is -2.50. The van der Waals surface area contributed by atoms with E-state index in [1.54, 1.807) is 49.4 Å². The molecule has 0 aliphatic carbocycles. The smallest absolute Gasteiger partial charge is 0.264 e. The molecule has 0 aliphatic rings. The van der Waals surface area contributed by atoms with E-state index in [0.29, 0.717) is 15.6 Å². The number of likely N-dealkylation sites (N-methyl/N-ethyl adjacent to an activating group) is 1. The van der Waals surface area contributed by atoms with Crippen LogP contribution in [-0.4, -0.2) is 44.8 Å². The molecule has 0 saturated carbocycles. The molecule has 2 amide bonds. The molecule has 1 atom stereocenters. The number of rotatable bonds is 9. The van der Waals surface area contributed by atoms with Gasteiger partial charge in [0.15, 0.2) is 0 Å². The van der Waals surface area contributed by atoms with Gasteiger partial charge in [-0.05, 0) is 48.9 Å². The minimum Gasteiger partial charge on any atom is -0.357 e. The van der Waals surface area contributed by atoms with Gasteiger partial charge in [0.25, 0.3) is 10.0 Å². The number of halogens is 3. The predicted octanol–water partition coefficient (Wildman–Crippen LogP) is 5.01. The van der Waals surface area contributed by atoms with Crippen LogP contribution in [0.1, 0.15) is 12.5 Å². The molecule has 3 aromatic carbocycles. The molecule has 3 rings (SSSR count). The topological polar surface area (TPSA) is 86.8 Å². The van der Waals surface area contributed by atoms with Gasteiger partial charge in [-0.15, -0.1) is 0 Å². The summed E-state index contributed by atoms with van der Waals surface area (Å²) in [6.07, 6.45) is 0. The molecule has 0 saturated heterocycles. The van der Waals surface area contributed by atoms with E-state index in [4.69, 9.17) is 34.8 Å². The molecule has 0 heterocycles. The minimum absolute atomic E-state index is 0.0132. The van der Waals surface area contributed by atoms with E-state index >= 15 is 0 Å². The Kier molecular flexibility index (Phi) is 9.24. The van der Waals surface area contributed by atoms with Gasteiger partial charge in [0.05, 0.1) is 15.6 Å². The van der Waals surface area contributed by atoms with Crippen molar-refractivity contribution in [2.24, 2.45) is 0 Å². The van der Waals surface area contributed by atoms with Crippen molar-refractivity contribution in [1.82, 2.24) is 10.2 Å². The second-order valence-electron chi connectivity index (χ2n) is 7.82. The van der Waals surface area contributed by atoms with E-state index in [1.165, 1.54) is 42.3 Å². The second-order valence-corrected chi connectivity index (χ2v) is 10.9. The number of benzene rings is 3. The quantitative estimate of drug-likeness (QED) is 0.393. The van der Waals surface area contributed by atoms with E-state index in [2.05, 4.69) is 5.32 Å². The minimum atomic E-state index is -4.22. The Balaban J connectivity index is 2.07. The monoisotopic (exact) mass is 567 g/mol. The van der Waals surface area contributed by atoms with E-state index in [1.807, 2.05) is 0 Å². The Hall–Kier alpha value is -2.78. The Morgan fingerprint density at radius 3 is 2.17 bits per heavy atom. The van der Waals surface area contributed by atoms with Crippen LogP contribution in [0.15, 0.2) is 77.7 Å². The fourth-order valence-corrected chi connectivity index (χ4v) is 5.73. The Morgan fingerprint density at radius 2 is 1.56 bits per heavy atom. The summed E-state index contributed by atoms with van der Waals surface area (Å²) < 4.78 is 28.2. The molecule has 1 N–H and O–H groups in total. The van der Waals surface area contributed by atoms with Crippen molar-refractivity contribution >= 4 is 62.3 Å². The van der Waals surface area contributed by atoms with Gasteiger partial charge in [-0.3, -0.25) is 13.9 Å². The number of nitrogens with one attached hydrogen (secondary N) is 1. The van der Waals surface area contributed by atoms with Crippen LogP contribution in [0.5, 0.6) is 0 Å². The first-order valence-corrected chi connectivity index (χ1v) is 13.4. The molecule has 0 aliphatic heterocycles. The summed E-state index contributed by atoms with van der Waals surface area (Å²) in [7, 11) is -2.76. The van der Waals surface area contributed by atoms with Crippen molar-refractivity contribution in [3.05, 3.63) is 93.4 Å². The average Bonchev–Trinajstić information content (AvgIpc) is 2.86. The molecular weight excluding hydrogens is 545 g/mol. The van der Waals surface area contributed by atoms with Gasteiger partial charge in [0, 0.05) is 23.6 Å². The molecule has 0 fully saturated rings. The highest BCUT2D eigenvalue weighted by atomic mass is 35.5. The standard InChI is InChI=1S/C25H24Cl3N3O4S/c1-17(25(33)29-2)30(15-18-8-6-7-11-21(18)27)24(32)16-31(23-13-12-19(26)14-22(23)28)36(34,35)20-9-4-3-5-10-20/h3-14,17H,15-16H2,1-2H3,(H,29,33)/t17-/m1/s1. The first-order valence-electron chi connectivity index (χ1n) is 10.8. The van der Waals surface area contributed by atoms with Gasteiger partial charge in [-0.2, -0.15) is 0 Å². The van der Waals surface area contributed by atoms with Crippen molar-refractivity contribution in [2.75, 3.05) is 17.9 Å². The predicted molar refractivity (Wildman–Crippen MR) is 143 cm³/mol. The molecule has 0 bridgehead atoms. The molecule has 7 nitrogen and oxygen atoms in total. The maximum atomic E-state index is 13.7. The molecule has 0 unspecified atom stereocenters. The van der Waals surface area contributed by atoms with Crippen molar-refractivity contribution in [2.45, 2.75) is 24.4 Å². The molecule has 0 aromatic heterocycles. The molecule has 0 radical (unpaired) electrons. The van der Waals surface area contributed by atoms with Crippen LogP contribution in [0.25, 0.3) is 0 Å². The molecular formula is C25H24Cl3N3O4S. The van der Waals surface area contributed by atoms with Crippen LogP contribution in [0.4, 0.5) is 5.69 Å². The maximum Gasteiger partial charge on any atom is 0.264 e. The first-order chi connectivity index (χ1) is 17.1. The number of carbonyl (C=O) groups is 2. The highest BCUT2D eigenvalue weighted by molar-refractivity contribution is 7.92. The van der Waals surface area contributed by atoms with Crippen molar-refractivity contribution in [3.8, 4) is 0 Å². The number of hydrogen-bond donors (Lipinski definition) is 1. The third-order valence-electron chi connectivity index (χ3n) is 5.50. The zero-order valence-electron chi connectivity index (χ0n) is 19.5. The summed E-state index contributed by atoms with van der Waals surface area (Å²) in [6.45, 7) is 0.921. The van der Waals surface area contributed by atoms with Crippen LogP contribution in [0, 0.1) is 0 Å². The Labute approximate surface area is 225 Å². The number of amides is 2. The fourth-order valence-electron chi connectivity index (χ4n) is 3.52. The van der Waals surface area contributed by atoms with Gasteiger partial charge in [-0.25, -0.2) is 8.42 Å². The summed E-state index contributed by atoms with van der Waals surface area (Å²) in [5, 5.41) is 3.29. The number of carbonyl (C=O) groups excluding carboxylic acids is 2. The van der Waals surface area contributed by atoms with Gasteiger partial charge in [0.2, 0.25) is 11.8 Å². The van der Waals surface area contributed by atoms with Gasteiger partial charge < -0.3 is 10.2 Å². The lowest BCUT2D eigenvalue weighted by molar-refractivity contribution is -0.139. The Morgan fingerprint density at radius 1 is 0.917 bits per heavy atom. The maximum absolute atomic E-state index is 13.7. The highest BCUT2D eigenvalue weighted by Crippen LogP contribution is 2.33. The molecule has 36 heavy (non-hydrogen) atoms. The largest absolute Gasteiger partial charge is 0.357 e. The zero-order valence-corrected chi connectivity index (χ0v) is 22.6. The van der Waals surface area contributed by atoms with Crippen LogP contribution in [0.3, 0.4) is 0 Å². The van der Waals surface area contributed by atoms with E-state index in [-0.39, 0.29) is 22.2 Å². The van der Waals surface area contributed by atoms with Gasteiger partial charge in [0.1, 0.15) is 12.6 Å².